The van der Waals surface area contributed by atoms with Crippen molar-refractivity contribution in [1.29, 1.82) is 0 Å². The van der Waals surface area contributed by atoms with Gasteiger partial charge in [-0.15, -0.1) is 11.3 Å². The molecule has 0 saturated heterocycles. The lowest BCUT2D eigenvalue weighted by molar-refractivity contribution is 0.245. The summed E-state index contributed by atoms with van der Waals surface area (Å²) in [6.45, 7) is 1.43. The van der Waals surface area contributed by atoms with Gasteiger partial charge in [0.2, 0.25) is 0 Å². The van der Waals surface area contributed by atoms with Crippen LogP contribution >= 0.6 is 38.9 Å². The van der Waals surface area contributed by atoms with E-state index in [1.54, 1.807) is 11.3 Å². The predicted octanol–water partition coefficient (Wildman–Crippen LogP) is 4.30. The molecule has 1 unspecified atom stereocenters. The summed E-state index contributed by atoms with van der Waals surface area (Å²) in [4.78, 5) is 3.46. The summed E-state index contributed by atoms with van der Waals surface area (Å²) in [6, 6.07) is 12.4. The van der Waals surface area contributed by atoms with Gasteiger partial charge in [0.15, 0.2) is 0 Å². The van der Waals surface area contributed by atoms with Crippen LogP contribution in [0.25, 0.3) is 0 Å². The van der Waals surface area contributed by atoms with Gasteiger partial charge in [0, 0.05) is 22.4 Å². The van der Waals surface area contributed by atoms with Crippen LogP contribution in [0.1, 0.15) is 16.5 Å². The largest absolute Gasteiger partial charge is 0.329 e. The molecule has 0 aliphatic heterocycles. The third-order valence-corrected chi connectivity index (χ3v) is 5.16. The molecule has 0 aliphatic carbocycles. The van der Waals surface area contributed by atoms with E-state index in [2.05, 4.69) is 46.1 Å². The van der Waals surface area contributed by atoms with Gasteiger partial charge < -0.3 is 5.73 Å². The second-order valence-corrected chi connectivity index (χ2v) is 7.00. The fourth-order valence-electron chi connectivity index (χ4n) is 2.03. The van der Waals surface area contributed by atoms with E-state index in [0.717, 1.165) is 15.4 Å². The maximum Gasteiger partial charge on any atom is 0.0931 e. The van der Waals surface area contributed by atoms with Crippen LogP contribution in [0.5, 0.6) is 0 Å². The molecule has 2 N–H and O–H groups in total. The van der Waals surface area contributed by atoms with E-state index in [4.69, 9.17) is 17.3 Å². The quantitative estimate of drug-likeness (QED) is 0.862. The lowest BCUT2D eigenvalue weighted by Crippen LogP contribution is -2.29. The zero-order valence-electron chi connectivity index (χ0n) is 10.6. The van der Waals surface area contributed by atoms with Crippen molar-refractivity contribution < 1.29 is 0 Å². The van der Waals surface area contributed by atoms with Crippen LogP contribution in [0.15, 0.2) is 40.9 Å². The van der Waals surface area contributed by atoms with Gasteiger partial charge in [-0.05, 0) is 30.8 Å². The Morgan fingerprint density at radius 3 is 2.63 bits per heavy atom. The SMILES string of the molecule is CN(Cc1ccccc1Br)C(CN)c1ccc(Cl)s1. The first-order valence-electron chi connectivity index (χ1n) is 6.00. The van der Waals surface area contributed by atoms with Crippen molar-refractivity contribution in [2.24, 2.45) is 5.73 Å². The Morgan fingerprint density at radius 2 is 2.05 bits per heavy atom. The number of thiophene rings is 1. The molecule has 0 fully saturated rings. The van der Waals surface area contributed by atoms with Crippen LogP contribution in [-0.4, -0.2) is 18.5 Å². The topological polar surface area (TPSA) is 29.3 Å². The van der Waals surface area contributed by atoms with E-state index < -0.39 is 0 Å². The van der Waals surface area contributed by atoms with Crippen LogP contribution in [0, 0.1) is 0 Å². The first kappa shape index (κ1) is 15.0. The van der Waals surface area contributed by atoms with Crippen molar-refractivity contribution in [2.75, 3.05) is 13.6 Å². The smallest absolute Gasteiger partial charge is 0.0931 e. The van der Waals surface area contributed by atoms with Gasteiger partial charge in [-0.2, -0.15) is 0 Å². The minimum absolute atomic E-state index is 0.199. The molecule has 5 heteroatoms. The van der Waals surface area contributed by atoms with E-state index in [9.17, 15) is 0 Å². The van der Waals surface area contributed by atoms with E-state index in [-0.39, 0.29) is 6.04 Å². The summed E-state index contributed by atoms with van der Waals surface area (Å²) in [6.07, 6.45) is 0. The average Bonchev–Trinajstić information content (AvgIpc) is 2.80. The van der Waals surface area contributed by atoms with Crippen LogP contribution in [0.3, 0.4) is 0 Å². The zero-order valence-corrected chi connectivity index (χ0v) is 13.8. The standard InChI is InChI=1S/C14H16BrClN2S/c1-18(9-10-4-2-3-5-11(10)15)12(8-17)13-6-7-14(16)19-13/h2-7,12H,8-9,17H2,1H3. The number of hydrogen-bond donors (Lipinski definition) is 1. The molecule has 1 aromatic carbocycles. The van der Waals surface area contributed by atoms with Crippen molar-refractivity contribution in [3.8, 4) is 0 Å². The molecule has 0 amide bonds. The molecular formula is C14H16BrClN2S. The van der Waals surface area contributed by atoms with Crippen molar-refractivity contribution in [3.63, 3.8) is 0 Å². The highest BCUT2D eigenvalue weighted by molar-refractivity contribution is 9.10. The van der Waals surface area contributed by atoms with Crippen LogP contribution < -0.4 is 5.73 Å². The highest BCUT2D eigenvalue weighted by Crippen LogP contribution is 2.30. The molecule has 0 aliphatic rings. The van der Waals surface area contributed by atoms with Gasteiger partial charge in [0.25, 0.3) is 0 Å². The van der Waals surface area contributed by atoms with Crippen molar-refractivity contribution in [2.45, 2.75) is 12.6 Å². The maximum absolute atomic E-state index is 6.00. The number of rotatable bonds is 5. The number of hydrogen-bond acceptors (Lipinski definition) is 3. The molecule has 1 heterocycles. The highest BCUT2D eigenvalue weighted by atomic mass is 79.9. The minimum Gasteiger partial charge on any atom is -0.329 e. The van der Waals surface area contributed by atoms with Gasteiger partial charge in [-0.3, -0.25) is 4.90 Å². The summed E-state index contributed by atoms with van der Waals surface area (Å²) in [5, 5.41) is 0. The Balaban J connectivity index is 2.13. The molecule has 0 saturated carbocycles. The summed E-state index contributed by atoms with van der Waals surface area (Å²) < 4.78 is 1.93. The molecule has 2 aromatic rings. The second kappa shape index (κ2) is 6.86. The third kappa shape index (κ3) is 3.80. The number of halogens is 2. The Kier molecular flexibility index (Phi) is 5.42. The molecule has 0 spiro atoms. The number of nitrogens with two attached hydrogens (primary N) is 1. The molecular weight excluding hydrogens is 344 g/mol. The van der Waals surface area contributed by atoms with E-state index in [0.29, 0.717) is 6.54 Å². The molecule has 1 atom stereocenters. The van der Waals surface area contributed by atoms with Crippen LogP contribution in [0.2, 0.25) is 4.34 Å². The van der Waals surface area contributed by atoms with Crippen molar-refractivity contribution in [1.82, 2.24) is 4.90 Å². The Bertz CT molecular complexity index is 544. The molecule has 19 heavy (non-hydrogen) atoms. The number of likely N-dealkylation sites (N-methyl/N-ethyl adjacent to an activating group) is 1. The number of nitrogens with zero attached hydrogens (tertiary/aromatic N) is 1. The highest BCUT2D eigenvalue weighted by Gasteiger charge is 2.18. The maximum atomic E-state index is 6.00. The van der Waals surface area contributed by atoms with Gasteiger partial charge in [0.1, 0.15) is 0 Å². The third-order valence-electron chi connectivity index (χ3n) is 3.06. The molecule has 1 aromatic heterocycles. The predicted molar refractivity (Wildman–Crippen MR) is 86.7 cm³/mol. The minimum atomic E-state index is 0.199. The molecule has 0 bridgehead atoms. The lowest BCUT2D eigenvalue weighted by Gasteiger charge is -2.26. The summed E-state index contributed by atoms with van der Waals surface area (Å²) >= 11 is 11.2. The first-order valence-corrected chi connectivity index (χ1v) is 7.99. The van der Waals surface area contributed by atoms with E-state index in [1.807, 2.05) is 18.2 Å². The van der Waals surface area contributed by atoms with Gasteiger partial charge in [0.05, 0.1) is 10.4 Å². The molecule has 0 radical (unpaired) electrons. The molecule has 2 nitrogen and oxygen atoms in total. The fraction of sp³-hybridized carbons (Fsp3) is 0.286. The lowest BCUT2D eigenvalue weighted by atomic mass is 10.1. The van der Waals surface area contributed by atoms with E-state index in [1.165, 1.54) is 10.4 Å². The normalized spacial score (nSPS) is 12.9. The van der Waals surface area contributed by atoms with Gasteiger partial charge in [-0.25, -0.2) is 0 Å². The fourth-order valence-corrected chi connectivity index (χ4v) is 3.68. The van der Waals surface area contributed by atoms with E-state index >= 15 is 0 Å². The number of benzene rings is 1. The van der Waals surface area contributed by atoms with Gasteiger partial charge >= 0.3 is 0 Å². The van der Waals surface area contributed by atoms with Crippen molar-refractivity contribution >= 4 is 38.9 Å². The van der Waals surface area contributed by atoms with Crippen molar-refractivity contribution in [3.05, 3.63) is 55.6 Å². The second-order valence-electron chi connectivity index (χ2n) is 4.40. The summed E-state index contributed by atoms with van der Waals surface area (Å²) in [7, 11) is 2.09. The average molecular weight is 360 g/mol. The Hall–Kier alpha value is -0.390. The van der Waals surface area contributed by atoms with Crippen LogP contribution in [0.4, 0.5) is 0 Å². The van der Waals surface area contributed by atoms with Gasteiger partial charge in [-0.1, -0.05) is 45.7 Å². The Labute approximate surface area is 131 Å². The molecule has 102 valence electrons. The monoisotopic (exact) mass is 358 g/mol. The first-order chi connectivity index (χ1) is 9.11. The van der Waals surface area contributed by atoms with Crippen LogP contribution in [-0.2, 0) is 6.54 Å². The zero-order chi connectivity index (χ0) is 13.8. The summed E-state index contributed by atoms with van der Waals surface area (Å²) in [5.74, 6) is 0. The molecule has 2 rings (SSSR count). The Morgan fingerprint density at radius 1 is 1.32 bits per heavy atom. The summed E-state index contributed by atoms with van der Waals surface area (Å²) in [5.41, 5.74) is 7.17.